The number of nitrogens with zero attached hydrogens (tertiary/aromatic N) is 3. The Hall–Kier alpha value is -2.70. The van der Waals surface area contributed by atoms with Crippen LogP contribution in [-0.4, -0.2) is 41.5 Å². The zero-order valence-electron chi connectivity index (χ0n) is 13.9. The molecule has 0 aliphatic carbocycles. The molecule has 1 aromatic heterocycles. The van der Waals surface area contributed by atoms with Gasteiger partial charge in [0.25, 0.3) is 0 Å². The Kier molecular flexibility index (Phi) is 5.46. The van der Waals surface area contributed by atoms with E-state index in [0.29, 0.717) is 30.3 Å². The molecule has 0 fully saturated rings. The van der Waals surface area contributed by atoms with Gasteiger partial charge in [-0.3, -0.25) is 4.68 Å². The van der Waals surface area contributed by atoms with Gasteiger partial charge in [-0.05, 0) is 19.1 Å². The number of rotatable bonds is 6. The highest BCUT2D eigenvalue weighted by molar-refractivity contribution is 5.89. The molecule has 1 heterocycles. The van der Waals surface area contributed by atoms with E-state index in [0.717, 1.165) is 5.56 Å². The van der Waals surface area contributed by atoms with Gasteiger partial charge in [-0.25, -0.2) is 4.79 Å². The van der Waals surface area contributed by atoms with E-state index in [1.165, 1.54) is 0 Å². The number of amides is 2. The van der Waals surface area contributed by atoms with E-state index >= 15 is 0 Å². The van der Waals surface area contributed by atoms with E-state index in [-0.39, 0.29) is 6.03 Å². The summed E-state index contributed by atoms with van der Waals surface area (Å²) in [5, 5.41) is 6.94. The molecule has 1 N–H and O–H groups in total. The Morgan fingerprint density at radius 1 is 1.39 bits per heavy atom. The SMILES string of the molecule is CCOc1cc(NC(=O)N(C)Cc2cnn(C)c2)ccc1OC. The lowest BCUT2D eigenvalue weighted by Gasteiger charge is -2.18. The Morgan fingerprint density at radius 2 is 2.17 bits per heavy atom. The van der Waals surface area contributed by atoms with Crippen LogP contribution in [0.1, 0.15) is 12.5 Å². The topological polar surface area (TPSA) is 68.6 Å². The maximum atomic E-state index is 12.3. The second kappa shape index (κ2) is 7.53. The van der Waals surface area contributed by atoms with Crippen LogP contribution in [0.2, 0.25) is 0 Å². The number of aromatic nitrogens is 2. The summed E-state index contributed by atoms with van der Waals surface area (Å²) in [6.07, 6.45) is 3.62. The lowest BCUT2D eigenvalue weighted by Crippen LogP contribution is -2.30. The fourth-order valence-corrected chi connectivity index (χ4v) is 2.14. The van der Waals surface area contributed by atoms with E-state index in [1.54, 1.807) is 48.1 Å². The van der Waals surface area contributed by atoms with Crippen LogP contribution in [0.5, 0.6) is 11.5 Å². The third-order valence-electron chi connectivity index (χ3n) is 3.24. The minimum atomic E-state index is -0.207. The fraction of sp³-hybridized carbons (Fsp3) is 0.375. The number of anilines is 1. The van der Waals surface area contributed by atoms with E-state index in [4.69, 9.17) is 9.47 Å². The summed E-state index contributed by atoms with van der Waals surface area (Å²) in [7, 11) is 5.16. The van der Waals surface area contributed by atoms with Gasteiger partial charge in [0.05, 0.1) is 26.5 Å². The van der Waals surface area contributed by atoms with Crippen molar-refractivity contribution in [3.05, 3.63) is 36.2 Å². The molecule has 0 saturated carbocycles. The maximum absolute atomic E-state index is 12.3. The van der Waals surface area contributed by atoms with Crippen molar-refractivity contribution in [3.8, 4) is 11.5 Å². The highest BCUT2D eigenvalue weighted by atomic mass is 16.5. The summed E-state index contributed by atoms with van der Waals surface area (Å²) >= 11 is 0. The van der Waals surface area contributed by atoms with Gasteiger partial charge in [0, 0.05) is 37.6 Å². The van der Waals surface area contributed by atoms with Gasteiger partial charge in [-0.2, -0.15) is 5.10 Å². The molecule has 2 amide bonds. The second-order valence-corrected chi connectivity index (χ2v) is 5.11. The maximum Gasteiger partial charge on any atom is 0.321 e. The first-order valence-electron chi connectivity index (χ1n) is 7.34. The highest BCUT2D eigenvalue weighted by Crippen LogP contribution is 2.30. The standard InChI is InChI=1S/C16H22N4O3/c1-5-23-15-8-13(6-7-14(15)22-4)18-16(21)19(2)10-12-9-17-20(3)11-12/h6-9,11H,5,10H2,1-4H3,(H,18,21). The molecule has 124 valence electrons. The van der Waals surface area contributed by atoms with Gasteiger partial charge in [-0.1, -0.05) is 0 Å². The fourth-order valence-electron chi connectivity index (χ4n) is 2.14. The quantitative estimate of drug-likeness (QED) is 0.888. The molecule has 0 aliphatic rings. The van der Waals surface area contributed by atoms with Crippen molar-refractivity contribution >= 4 is 11.7 Å². The molecule has 0 aliphatic heterocycles. The third kappa shape index (κ3) is 4.38. The van der Waals surface area contributed by atoms with E-state index in [9.17, 15) is 4.79 Å². The van der Waals surface area contributed by atoms with Crippen molar-refractivity contribution in [2.24, 2.45) is 7.05 Å². The van der Waals surface area contributed by atoms with Crippen LogP contribution >= 0.6 is 0 Å². The highest BCUT2D eigenvalue weighted by Gasteiger charge is 2.12. The van der Waals surface area contributed by atoms with Gasteiger partial charge in [0.15, 0.2) is 11.5 Å². The zero-order valence-corrected chi connectivity index (χ0v) is 13.9. The zero-order chi connectivity index (χ0) is 16.8. The molecule has 0 unspecified atom stereocenters. The molecule has 2 rings (SSSR count). The molecule has 23 heavy (non-hydrogen) atoms. The Labute approximate surface area is 135 Å². The molecule has 0 bridgehead atoms. The lowest BCUT2D eigenvalue weighted by atomic mass is 10.2. The van der Waals surface area contributed by atoms with Crippen molar-refractivity contribution in [2.45, 2.75) is 13.5 Å². The van der Waals surface area contributed by atoms with Crippen molar-refractivity contribution in [1.29, 1.82) is 0 Å². The first kappa shape index (κ1) is 16.7. The number of nitrogens with one attached hydrogen (secondary N) is 1. The molecule has 0 saturated heterocycles. The molecule has 1 aromatic carbocycles. The monoisotopic (exact) mass is 318 g/mol. The average molecular weight is 318 g/mol. The first-order chi connectivity index (χ1) is 11.0. The summed E-state index contributed by atoms with van der Waals surface area (Å²) in [4.78, 5) is 13.8. The van der Waals surface area contributed by atoms with E-state index in [1.807, 2.05) is 20.2 Å². The van der Waals surface area contributed by atoms with Gasteiger partial charge in [-0.15, -0.1) is 0 Å². The van der Waals surface area contributed by atoms with Gasteiger partial charge in [0.1, 0.15) is 0 Å². The largest absolute Gasteiger partial charge is 0.493 e. The third-order valence-corrected chi connectivity index (χ3v) is 3.24. The van der Waals surface area contributed by atoms with Gasteiger partial charge >= 0.3 is 6.03 Å². The summed E-state index contributed by atoms with van der Waals surface area (Å²) in [6.45, 7) is 2.90. The van der Waals surface area contributed by atoms with Crippen molar-refractivity contribution in [2.75, 3.05) is 26.1 Å². The number of benzene rings is 1. The summed E-state index contributed by atoms with van der Waals surface area (Å²) < 4.78 is 12.4. The van der Waals surface area contributed by atoms with Crippen LogP contribution in [0.3, 0.4) is 0 Å². The van der Waals surface area contributed by atoms with Crippen molar-refractivity contribution in [3.63, 3.8) is 0 Å². The molecule has 0 atom stereocenters. The van der Waals surface area contributed by atoms with Crippen LogP contribution in [0.4, 0.5) is 10.5 Å². The van der Waals surface area contributed by atoms with Crippen LogP contribution in [-0.2, 0) is 13.6 Å². The Bertz CT molecular complexity index is 669. The normalized spacial score (nSPS) is 10.3. The number of hydrogen-bond donors (Lipinski definition) is 1. The minimum Gasteiger partial charge on any atom is -0.493 e. The molecular formula is C16H22N4O3. The van der Waals surface area contributed by atoms with Gasteiger partial charge in [0.2, 0.25) is 0 Å². The predicted molar refractivity (Wildman–Crippen MR) is 87.9 cm³/mol. The predicted octanol–water partition coefficient (Wildman–Crippen LogP) is 2.49. The number of hydrogen-bond acceptors (Lipinski definition) is 4. The smallest absolute Gasteiger partial charge is 0.321 e. The number of urea groups is 1. The number of aryl methyl sites for hydroxylation is 1. The van der Waals surface area contributed by atoms with Crippen LogP contribution in [0.25, 0.3) is 0 Å². The molecule has 2 aromatic rings. The van der Waals surface area contributed by atoms with E-state index in [2.05, 4.69) is 10.4 Å². The first-order valence-corrected chi connectivity index (χ1v) is 7.34. The number of carbonyl (C=O) groups excluding carboxylic acids is 1. The van der Waals surface area contributed by atoms with Crippen molar-refractivity contribution in [1.82, 2.24) is 14.7 Å². The van der Waals surface area contributed by atoms with Crippen LogP contribution in [0, 0.1) is 0 Å². The van der Waals surface area contributed by atoms with Gasteiger partial charge < -0.3 is 19.7 Å². The molecule has 0 spiro atoms. The second-order valence-electron chi connectivity index (χ2n) is 5.11. The summed E-state index contributed by atoms with van der Waals surface area (Å²) in [5.74, 6) is 1.23. The number of carbonyl (C=O) groups is 1. The summed E-state index contributed by atoms with van der Waals surface area (Å²) in [5.41, 5.74) is 1.62. The molecule has 7 nitrogen and oxygen atoms in total. The Balaban J connectivity index is 2.02. The average Bonchev–Trinajstić information content (AvgIpc) is 2.93. The lowest BCUT2D eigenvalue weighted by molar-refractivity contribution is 0.220. The van der Waals surface area contributed by atoms with Crippen LogP contribution < -0.4 is 14.8 Å². The molecular weight excluding hydrogens is 296 g/mol. The molecule has 0 radical (unpaired) electrons. The number of methoxy groups -OCH3 is 1. The van der Waals surface area contributed by atoms with Crippen LogP contribution in [0.15, 0.2) is 30.6 Å². The molecule has 7 heteroatoms. The number of ether oxygens (including phenoxy) is 2. The Morgan fingerprint density at radius 3 is 2.78 bits per heavy atom. The van der Waals surface area contributed by atoms with E-state index < -0.39 is 0 Å². The minimum absolute atomic E-state index is 0.207. The summed E-state index contributed by atoms with van der Waals surface area (Å²) in [6, 6.07) is 5.08. The van der Waals surface area contributed by atoms with Crippen molar-refractivity contribution < 1.29 is 14.3 Å².